The quantitative estimate of drug-likeness (QED) is 0.372. The second-order valence-corrected chi connectivity index (χ2v) is 9.38. The van der Waals surface area contributed by atoms with Crippen LogP contribution in [0.15, 0.2) is 42.5 Å². The zero-order valence-corrected chi connectivity index (χ0v) is 20.8. The fourth-order valence-corrected chi connectivity index (χ4v) is 4.42. The maximum Gasteiger partial charge on any atom is 0.242 e. The summed E-state index contributed by atoms with van der Waals surface area (Å²) in [5, 5.41) is 4.45. The van der Waals surface area contributed by atoms with E-state index in [0.717, 1.165) is 24.0 Å². The van der Waals surface area contributed by atoms with Crippen molar-refractivity contribution in [1.82, 2.24) is 10.2 Å². The molecular formula is C23H27Cl3N2O2S. The second-order valence-electron chi connectivity index (χ2n) is 7.17. The normalized spacial score (nSPS) is 11.8. The summed E-state index contributed by atoms with van der Waals surface area (Å²) in [7, 11) is 0. The molecule has 0 bridgehead atoms. The van der Waals surface area contributed by atoms with E-state index in [1.165, 1.54) is 11.8 Å². The highest BCUT2D eigenvalue weighted by atomic mass is 35.5. The number of rotatable bonds is 11. The van der Waals surface area contributed by atoms with Gasteiger partial charge in [0.15, 0.2) is 0 Å². The molecule has 0 radical (unpaired) electrons. The highest BCUT2D eigenvalue weighted by Crippen LogP contribution is 2.25. The zero-order valence-electron chi connectivity index (χ0n) is 17.7. The van der Waals surface area contributed by atoms with Crippen molar-refractivity contribution in [3.63, 3.8) is 0 Å². The number of carbonyl (C=O) groups is 2. The summed E-state index contributed by atoms with van der Waals surface area (Å²) in [5.74, 6) is 0.557. The molecule has 0 aliphatic rings. The molecule has 0 aliphatic carbocycles. The monoisotopic (exact) mass is 500 g/mol. The first kappa shape index (κ1) is 25.9. The molecule has 2 aromatic carbocycles. The van der Waals surface area contributed by atoms with Gasteiger partial charge >= 0.3 is 0 Å². The van der Waals surface area contributed by atoms with Crippen LogP contribution in [-0.4, -0.2) is 35.1 Å². The van der Waals surface area contributed by atoms with Crippen LogP contribution < -0.4 is 5.32 Å². The lowest BCUT2D eigenvalue weighted by Crippen LogP contribution is -2.48. The van der Waals surface area contributed by atoms with Crippen molar-refractivity contribution in [3.05, 3.63) is 68.7 Å². The average Bonchev–Trinajstić information content (AvgIpc) is 2.75. The number of benzene rings is 2. The third-order valence-electron chi connectivity index (χ3n) is 4.77. The molecule has 0 aliphatic heterocycles. The molecule has 4 nitrogen and oxygen atoms in total. The molecule has 31 heavy (non-hydrogen) atoms. The predicted octanol–water partition coefficient (Wildman–Crippen LogP) is 6.21. The lowest BCUT2D eigenvalue weighted by Gasteiger charge is -2.29. The molecular weight excluding hydrogens is 475 g/mol. The minimum absolute atomic E-state index is 0.124. The van der Waals surface area contributed by atoms with Gasteiger partial charge in [-0.25, -0.2) is 0 Å². The lowest BCUT2D eigenvalue weighted by molar-refractivity contribution is -0.138. The van der Waals surface area contributed by atoms with Crippen LogP contribution in [-0.2, 0) is 21.9 Å². The van der Waals surface area contributed by atoms with Crippen LogP contribution in [0.4, 0.5) is 0 Å². The van der Waals surface area contributed by atoms with Crippen molar-refractivity contribution in [2.75, 3.05) is 12.3 Å². The Kier molecular flexibility index (Phi) is 11.0. The molecule has 8 heteroatoms. The Labute approximate surface area is 203 Å². The summed E-state index contributed by atoms with van der Waals surface area (Å²) >= 11 is 19.8. The molecule has 0 unspecified atom stereocenters. The van der Waals surface area contributed by atoms with E-state index < -0.39 is 6.04 Å². The lowest BCUT2D eigenvalue weighted by atomic mass is 10.1. The van der Waals surface area contributed by atoms with Gasteiger partial charge < -0.3 is 10.2 Å². The van der Waals surface area contributed by atoms with E-state index in [4.69, 9.17) is 34.8 Å². The van der Waals surface area contributed by atoms with Gasteiger partial charge in [-0.3, -0.25) is 9.59 Å². The van der Waals surface area contributed by atoms with Crippen LogP contribution in [0.5, 0.6) is 0 Å². The van der Waals surface area contributed by atoms with Crippen LogP contribution in [0.1, 0.15) is 37.8 Å². The summed E-state index contributed by atoms with van der Waals surface area (Å²) in [6.07, 6.45) is 1.88. The van der Waals surface area contributed by atoms with Crippen LogP contribution >= 0.6 is 46.6 Å². The Morgan fingerprint density at radius 3 is 2.48 bits per heavy atom. The number of hydrogen-bond donors (Lipinski definition) is 1. The first-order chi connectivity index (χ1) is 14.8. The number of nitrogens with zero attached hydrogens (tertiary/aromatic N) is 1. The van der Waals surface area contributed by atoms with Crippen molar-refractivity contribution < 1.29 is 9.59 Å². The Morgan fingerprint density at radius 2 is 1.81 bits per heavy atom. The van der Waals surface area contributed by atoms with Gasteiger partial charge in [-0.2, -0.15) is 0 Å². The van der Waals surface area contributed by atoms with Crippen LogP contribution in [0, 0.1) is 0 Å². The van der Waals surface area contributed by atoms with Crippen molar-refractivity contribution in [3.8, 4) is 0 Å². The molecule has 2 amide bonds. The molecule has 1 N–H and O–H groups in total. The summed E-state index contributed by atoms with van der Waals surface area (Å²) < 4.78 is 0. The Balaban J connectivity index is 2.09. The van der Waals surface area contributed by atoms with E-state index in [2.05, 4.69) is 12.2 Å². The van der Waals surface area contributed by atoms with Gasteiger partial charge in [-0.1, -0.05) is 72.4 Å². The molecule has 0 saturated carbocycles. The summed E-state index contributed by atoms with van der Waals surface area (Å²) in [6.45, 7) is 4.67. The number of hydrogen-bond acceptors (Lipinski definition) is 3. The molecule has 1 atom stereocenters. The van der Waals surface area contributed by atoms with Gasteiger partial charge in [-0.15, -0.1) is 11.8 Å². The number of carbonyl (C=O) groups excluding carboxylic acids is 2. The van der Waals surface area contributed by atoms with Gasteiger partial charge in [-0.05, 0) is 42.7 Å². The molecule has 0 aromatic heterocycles. The van der Waals surface area contributed by atoms with Crippen molar-refractivity contribution >= 4 is 58.4 Å². The minimum atomic E-state index is -0.611. The van der Waals surface area contributed by atoms with Crippen LogP contribution in [0.2, 0.25) is 15.1 Å². The molecule has 0 heterocycles. The van der Waals surface area contributed by atoms with Crippen molar-refractivity contribution in [2.45, 2.75) is 45.0 Å². The van der Waals surface area contributed by atoms with E-state index >= 15 is 0 Å². The molecule has 2 rings (SSSR count). The Bertz CT molecular complexity index is 895. The number of halogens is 3. The van der Waals surface area contributed by atoms with E-state index in [1.54, 1.807) is 24.0 Å². The topological polar surface area (TPSA) is 49.4 Å². The minimum Gasteiger partial charge on any atom is -0.354 e. The average molecular weight is 502 g/mol. The third kappa shape index (κ3) is 8.23. The van der Waals surface area contributed by atoms with Crippen LogP contribution in [0.3, 0.4) is 0 Å². The highest BCUT2D eigenvalue weighted by Gasteiger charge is 2.26. The summed E-state index contributed by atoms with van der Waals surface area (Å²) in [6, 6.07) is 12.2. The molecule has 168 valence electrons. The molecule has 2 aromatic rings. The Morgan fingerprint density at radius 1 is 1.06 bits per heavy atom. The highest BCUT2D eigenvalue weighted by molar-refractivity contribution is 7.99. The summed E-state index contributed by atoms with van der Waals surface area (Å²) in [5.41, 5.74) is 1.79. The SMILES string of the molecule is CCCCNC(=O)[C@@H](C)N(Cc1ccc(Cl)c(Cl)c1)C(=O)CSCc1ccccc1Cl. The van der Waals surface area contributed by atoms with Gasteiger partial charge in [0.05, 0.1) is 15.8 Å². The molecule has 0 saturated heterocycles. The van der Waals surface area contributed by atoms with Gasteiger partial charge in [0.1, 0.15) is 6.04 Å². The Hall–Kier alpha value is -1.40. The van der Waals surface area contributed by atoms with Crippen LogP contribution in [0.25, 0.3) is 0 Å². The van der Waals surface area contributed by atoms with Crippen molar-refractivity contribution in [2.24, 2.45) is 0 Å². The standard InChI is InChI=1S/C23H27Cl3N2O2S/c1-3-4-11-27-23(30)16(2)28(13-17-9-10-20(25)21(26)12-17)22(29)15-31-14-18-7-5-6-8-19(18)24/h5-10,12,16H,3-4,11,13-15H2,1-2H3,(H,27,30)/t16-/m1/s1. The van der Waals surface area contributed by atoms with Crippen molar-refractivity contribution in [1.29, 1.82) is 0 Å². The molecule has 0 fully saturated rings. The second kappa shape index (κ2) is 13.2. The van der Waals surface area contributed by atoms with E-state index in [-0.39, 0.29) is 24.1 Å². The van der Waals surface area contributed by atoms with Gasteiger partial charge in [0.2, 0.25) is 11.8 Å². The number of unbranched alkanes of at least 4 members (excludes halogenated alkanes) is 1. The first-order valence-electron chi connectivity index (χ1n) is 10.2. The predicted molar refractivity (Wildman–Crippen MR) is 132 cm³/mol. The van der Waals surface area contributed by atoms with Gasteiger partial charge in [0.25, 0.3) is 0 Å². The number of amides is 2. The maximum absolute atomic E-state index is 13.1. The van der Waals surface area contributed by atoms with Gasteiger partial charge in [0, 0.05) is 23.9 Å². The molecule has 0 spiro atoms. The maximum atomic E-state index is 13.1. The fourth-order valence-electron chi connectivity index (χ4n) is 2.90. The number of nitrogens with one attached hydrogen (secondary N) is 1. The fraction of sp³-hybridized carbons (Fsp3) is 0.391. The first-order valence-corrected chi connectivity index (χ1v) is 12.4. The number of thioether (sulfide) groups is 1. The van der Waals surface area contributed by atoms with E-state index in [1.807, 2.05) is 30.3 Å². The zero-order chi connectivity index (χ0) is 22.8. The summed E-state index contributed by atoms with van der Waals surface area (Å²) in [4.78, 5) is 27.3. The smallest absolute Gasteiger partial charge is 0.242 e. The van der Waals surface area contributed by atoms with E-state index in [9.17, 15) is 9.59 Å². The van der Waals surface area contributed by atoms with E-state index in [0.29, 0.717) is 27.4 Å². The largest absolute Gasteiger partial charge is 0.354 e. The third-order valence-corrected chi connectivity index (χ3v) is 6.85.